The predicted molar refractivity (Wildman–Crippen MR) is 102 cm³/mol. The molecule has 1 aromatic heterocycles. The van der Waals surface area contributed by atoms with Crippen LogP contribution in [0.1, 0.15) is 15.9 Å². The first-order valence-electron chi connectivity index (χ1n) is 9.33. The molecule has 1 aromatic carbocycles. The van der Waals surface area contributed by atoms with E-state index in [2.05, 4.69) is 9.97 Å². The Kier molecular flexibility index (Phi) is 4.01. The molecule has 0 saturated carbocycles. The lowest BCUT2D eigenvalue weighted by Gasteiger charge is -2.43. The van der Waals surface area contributed by atoms with E-state index < -0.39 is 15.9 Å². The monoisotopic (exact) mass is 400 g/mol. The summed E-state index contributed by atoms with van der Waals surface area (Å²) < 4.78 is 30.3. The number of hydrogen-bond acceptors (Lipinski definition) is 7. The summed E-state index contributed by atoms with van der Waals surface area (Å²) in [6.07, 6.45) is 4.08. The maximum Gasteiger partial charge on any atom is 0.254 e. The van der Waals surface area contributed by atoms with Crippen LogP contribution in [0.2, 0.25) is 0 Å². The van der Waals surface area contributed by atoms with Gasteiger partial charge in [-0.15, -0.1) is 0 Å². The second-order valence-electron chi connectivity index (χ2n) is 7.37. The van der Waals surface area contributed by atoms with E-state index in [4.69, 9.17) is 4.74 Å². The maximum atomic E-state index is 13.2. The highest BCUT2D eigenvalue weighted by molar-refractivity contribution is 7.91. The van der Waals surface area contributed by atoms with Crippen LogP contribution in [0.25, 0.3) is 0 Å². The van der Waals surface area contributed by atoms with E-state index in [1.165, 1.54) is 0 Å². The Morgan fingerprint density at radius 3 is 2.71 bits per heavy atom. The van der Waals surface area contributed by atoms with Crippen LogP contribution in [-0.2, 0) is 16.3 Å². The molecule has 146 valence electrons. The van der Waals surface area contributed by atoms with Crippen LogP contribution in [-0.4, -0.2) is 72.5 Å². The second kappa shape index (κ2) is 6.44. The molecule has 8 nitrogen and oxygen atoms in total. The van der Waals surface area contributed by atoms with Crippen LogP contribution in [0.5, 0.6) is 5.75 Å². The van der Waals surface area contributed by atoms with Crippen LogP contribution in [0.3, 0.4) is 0 Å². The minimum absolute atomic E-state index is 0.0116. The fraction of sp³-hybridized carbons (Fsp3) is 0.421. The number of anilines is 1. The van der Waals surface area contributed by atoms with E-state index in [0.29, 0.717) is 31.2 Å². The summed E-state index contributed by atoms with van der Waals surface area (Å²) in [7, 11) is -3.24. The Bertz CT molecular complexity index is 1030. The van der Waals surface area contributed by atoms with Gasteiger partial charge in [0.25, 0.3) is 5.91 Å². The first-order valence-corrected chi connectivity index (χ1v) is 11.1. The average molecular weight is 400 g/mol. The Morgan fingerprint density at radius 2 is 1.89 bits per heavy atom. The number of amides is 1. The van der Waals surface area contributed by atoms with Gasteiger partial charge in [0.2, 0.25) is 5.95 Å². The first-order chi connectivity index (χ1) is 13.5. The van der Waals surface area contributed by atoms with E-state index in [-0.39, 0.29) is 23.5 Å². The summed E-state index contributed by atoms with van der Waals surface area (Å²) in [5, 5.41) is 0. The van der Waals surface area contributed by atoms with Crippen molar-refractivity contribution >= 4 is 21.7 Å². The molecule has 1 amide bonds. The molecule has 2 aromatic rings. The van der Waals surface area contributed by atoms with Gasteiger partial charge in [0.1, 0.15) is 5.75 Å². The van der Waals surface area contributed by atoms with Gasteiger partial charge in [-0.1, -0.05) is 0 Å². The van der Waals surface area contributed by atoms with Crippen molar-refractivity contribution in [2.75, 3.05) is 36.1 Å². The number of carbonyl (C=O) groups is 1. The topological polar surface area (TPSA) is 92.7 Å². The zero-order chi connectivity index (χ0) is 19.3. The molecule has 3 aliphatic rings. The number of piperazine rings is 1. The Balaban J connectivity index is 1.46. The maximum absolute atomic E-state index is 13.2. The third kappa shape index (κ3) is 2.90. The molecule has 0 aliphatic carbocycles. The first kappa shape index (κ1) is 17.4. The van der Waals surface area contributed by atoms with E-state index in [1.807, 2.05) is 17.0 Å². The van der Waals surface area contributed by atoms with E-state index >= 15 is 0 Å². The average Bonchev–Trinajstić information content (AvgIpc) is 3.29. The number of ether oxygens (including phenoxy) is 1. The highest BCUT2D eigenvalue weighted by atomic mass is 32.2. The lowest BCUT2D eigenvalue weighted by atomic mass is 10.0. The summed E-state index contributed by atoms with van der Waals surface area (Å²) in [6, 6.07) is 6.45. The Labute approximate surface area is 163 Å². The third-order valence-electron chi connectivity index (χ3n) is 5.68. The molecule has 4 heterocycles. The van der Waals surface area contributed by atoms with Crippen LogP contribution in [0, 0.1) is 0 Å². The van der Waals surface area contributed by atoms with E-state index in [0.717, 1.165) is 17.7 Å². The van der Waals surface area contributed by atoms with Crippen molar-refractivity contribution in [1.29, 1.82) is 0 Å². The molecule has 0 spiro atoms. The Morgan fingerprint density at radius 1 is 1.11 bits per heavy atom. The molecular weight excluding hydrogens is 380 g/mol. The second-order valence-corrected chi connectivity index (χ2v) is 9.53. The SMILES string of the molecule is O=C(c1ccc2c(c1)CCO2)N1CCN(c2ncccn2)[C@@H]2CS(=O)(=O)C[C@@H]21. The van der Waals surface area contributed by atoms with E-state index in [9.17, 15) is 13.2 Å². The smallest absolute Gasteiger partial charge is 0.254 e. The van der Waals surface area contributed by atoms with Crippen LogP contribution < -0.4 is 9.64 Å². The van der Waals surface area contributed by atoms with Gasteiger partial charge in [0.05, 0.1) is 30.2 Å². The Hall–Kier alpha value is -2.68. The number of hydrogen-bond donors (Lipinski definition) is 0. The number of benzene rings is 1. The highest BCUT2D eigenvalue weighted by Crippen LogP contribution is 2.31. The minimum Gasteiger partial charge on any atom is -0.493 e. The van der Waals surface area contributed by atoms with Crippen molar-refractivity contribution in [3.05, 3.63) is 47.8 Å². The molecular formula is C19H20N4O4S. The molecule has 0 N–H and O–H groups in total. The number of sulfone groups is 1. The van der Waals surface area contributed by atoms with Gasteiger partial charge in [-0.25, -0.2) is 18.4 Å². The zero-order valence-electron chi connectivity index (χ0n) is 15.2. The molecule has 0 unspecified atom stereocenters. The normalized spacial score (nSPS) is 25.1. The fourth-order valence-electron chi connectivity index (χ4n) is 4.38. The van der Waals surface area contributed by atoms with Gasteiger partial charge in [-0.3, -0.25) is 4.79 Å². The van der Waals surface area contributed by atoms with Crippen molar-refractivity contribution in [2.24, 2.45) is 0 Å². The predicted octanol–water partition coefficient (Wildman–Crippen LogP) is 0.540. The van der Waals surface area contributed by atoms with Gasteiger partial charge >= 0.3 is 0 Å². The minimum atomic E-state index is -3.24. The molecule has 0 bridgehead atoms. The zero-order valence-corrected chi connectivity index (χ0v) is 16.0. The summed E-state index contributed by atoms with van der Waals surface area (Å²) in [4.78, 5) is 25.4. The summed E-state index contributed by atoms with van der Waals surface area (Å²) >= 11 is 0. The number of aromatic nitrogens is 2. The standard InChI is InChI=1S/C19H20N4O4S/c24-18(14-2-3-17-13(10-14)4-9-27-17)22-7-8-23(19-20-5-1-6-21-19)16-12-28(25,26)11-15(16)22/h1-3,5-6,10,15-16H,4,7-9,11-12H2/t15-,16+/m0/s1. The summed E-state index contributed by atoms with van der Waals surface area (Å²) in [5.41, 5.74) is 1.61. The van der Waals surface area contributed by atoms with Crippen LogP contribution in [0.15, 0.2) is 36.7 Å². The number of fused-ring (bicyclic) bond motifs is 2. The highest BCUT2D eigenvalue weighted by Gasteiger charge is 2.49. The van der Waals surface area contributed by atoms with Crippen molar-refractivity contribution in [3.63, 3.8) is 0 Å². The lowest BCUT2D eigenvalue weighted by molar-refractivity contribution is 0.0647. The summed E-state index contributed by atoms with van der Waals surface area (Å²) in [6.45, 7) is 1.56. The van der Waals surface area contributed by atoms with Crippen molar-refractivity contribution in [3.8, 4) is 5.75 Å². The van der Waals surface area contributed by atoms with Gasteiger partial charge in [0, 0.05) is 37.5 Å². The lowest BCUT2D eigenvalue weighted by Crippen LogP contribution is -2.61. The number of nitrogens with zero attached hydrogens (tertiary/aromatic N) is 4. The van der Waals surface area contributed by atoms with Crippen LogP contribution in [0.4, 0.5) is 5.95 Å². The van der Waals surface area contributed by atoms with Crippen LogP contribution >= 0.6 is 0 Å². The van der Waals surface area contributed by atoms with Crippen molar-refractivity contribution in [2.45, 2.75) is 18.5 Å². The number of rotatable bonds is 2. The van der Waals surface area contributed by atoms with Gasteiger partial charge in [-0.2, -0.15) is 0 Å². The molecule has 0 radical (unpaired) electrons. The molecule has 2 atom stereocenters. The summed E-state index contributed by atoms with van der Waals surface area (Å²) in [5.74, 6) is 1.19. The quantitative estimate of drug-likeness (QED) is 0.726. The molecule has 28 heavy (non-hydrogen) atoms. The molecule has 2 saturated heterocycles. The largest absolute Gasteiger partial charge is 0.493 e. The van der Waals surface area contributed by atoms with Gasteiger partial charge in [0.15, 0.2) is 9.84 Å². The molecule has 5 rings (SSSR count). The molecule has 3 aliphatic heterocycles. The molecule has 2 fully saturated rings. The van der Waals surface area contributed by atoms with Gasteiger partial charge < -0.3 is 14.5 Å². The van der Waals surface area contributed by atoms with E-state index in [1.54, 1.807) is 29.4 Å². The van der Waals surface area contributed by atoms with Crippen molar-refractivity contribution in [1.82, 2.24) is 14.9 Å². The third-order valence-corrected chi connectivity index (χ3v) is 7.38. The molecule has 9 heteroatoms. The number of carbonyl (C=O) groups excluding carboxylic acids is 1. The van der Waals surface area contributed by atoms with Crippen molar-refractivity contribution < 1.29 is 17.9 Å². The fourth-order valence-corrected chi connectivity index (χ4v) is 6.36. The van der Waals surface area contributed by atoms with Gasteiger partial charge in [-0.05, 0) is 29.8 Å².